The van der Waals surface area contributed by atoms with E-state index >= 15 is 0 Å². The van der Waals surface area contributed by atoms with E-state index in [1.807, 2.05) is 42.6 Å². The quantitative estimate of drug-likeness (QED) is 0.226. The number of para-hydroxylation sites is 1. The Morgan fingerprint density at radius 3 is 2.39 bits per heavy atom. The predicted molar refractivity (Wildman–Crippen MR) is 171 cm³/mol. The number of carbonyl (C=O) groups is 1. The van der Waals surface area contributed by atoms with E-state index in [0.29, 0.717) is 18.1 Å². The third-order valence-corrected chi connectivity index (χ3v) is 8.45. The molecule has 0 aliphatic carbocycles. The van der Waals surface area contributed by atoms with Crippen molar-refractivity contribution in [3.05, 3.63) is 112 Å². The van der Waals surface area contributed by atoms with Crippen LogP contribution in [0.2, 0.25) is 0 Å². The number of aryl methyl sites for hydroxylation is 5. The molecule has 1 fully saturated rings. The van der Waals surface area contributed by atoms with Gasteiger partial charge in [0.15, 0.2) is 5.11 Å². The average molecular weight is 566 g/mol. The number of hydrogen-bond donors (Lipinski definition) is 2. The summed E-state index contributed by atoms with van der Waals surface area (Å²) in [5.74, 6) is -0.0230. The fourth-order valence-corrected chi connectivity index (χ4v) is 6.66. The second kappa shape index (κ2) is 11.9. The molecule has 6 nitrogen and oxygen atoms in total. The van der Waals surface area contributed by atoms with E-state index in [1.54, 1.807) is 0 Å². The molecule has 2 aromatic heterocycles. The Morgan fingerprint density at radius 1 is 1.00 bits per heavy atom. The molecule has 1 aliphatic heterocycles. The zero-order valence-electron chi connectivity index (χ0n) is 24.8. The average Bonchev–Trinajstić information content (AvgIpc) is 3.42. The third-order valence-electron chi connectivity index (χ3n) is 8.10. The zero-order valence-corrected chi connectivity index (χ0v) is 25.6. The minimum atomic E-state index is -0.137. The number of nitrogens with zero attached hydrogens (tertiary/aromatic N) is 3. The molecule has 212 valence electrons. The molecule has 0 spiro atoms. The van der Waals surface area contributed by atoms with Gasteiger partial charge >= 0.3 is 0 Å². The number of hydrogen-bond acceptors (Lipinski definition) is 3. The Kier molecular flexibility index (Phi) is 8.27. The SMILES string of the molecule is CCc1ccccc1NC(=O)CCN1C(=S)NC(c2ccccn2)C1c1cc(C)n(-c2c(C)cc(C)cc2C)c1C. The predicted octanol–water partition coefficient (Wildman–Crippen LogP) is 6.98. The highest BCUT2D eigenvalue weighted by molar-refractivity contribution is 7.80. The maximum atomic E-state index is 13.1. The summed E-state index contributed by atoms with van der Waals surface area (Å²) in [6, 6.07) is 20.4. The lowest BCUT2D eigenvalue weighted by molar-refractivity contribution is -0.116. The molecule has 2 unspecified atom stereocenters. The molecule has 4 aromatic rings. The first kappa shape index (κ1) is 28.6. The van der Waals surface area contributed by atoms with Crippen LogP contribution in [0.3, 0.4) is 0 Å². The van der Waals surface area contributed by atoms with Crippen LogP contribution < -0.4 is 10.6 Å². The summed E-state index contributed by atoms with van der Waals surface area (Å²) in [6.07, 6.45) is 3.00. The highest BCUT2D eigenvalue weighted by Crippen LogP contribution is 2.42. The van der Waals surface area contributed by atoms with Gasteiger partial charge in [-0.05, 0) is 99.8 Å². The number of nitrogens with one attached hydrogen (secondary N) is 2. The number of carbonyl (C=O) groups excluding carboxylic acids is 1. The number of anilines is 1. The van der Waals surface area contributed by atoms with Crippen LogP contribution in [-0.2, 0) is 11.2 Å². The van der Waals surface area contributed by atoms with Gasteiger partial charge in [-0.2, -0.15) is 0 Å². The molecule has 2 atom stereocenters. The van der Waals surface area contributed by atoms with Crippen LogP contribution in [0.25, 0.3) is 5.69 Å². The monoisotopic (exact) mass is 565 g/mol. The Morgan fingerprint density at radius 2 is 1.71 bits per heavy atom. The van der Waals surface area contributed by atoms with E-state index in [0.717, 1.165) is 23.4 Å². The fourth-order valence-electron chi connectivity index (χ4n) is 6.33. The van der Waals surface area contributed by atoms with E-state index in [1.165, 1.54) is 39.3 Å². The standard InChI is InChI=1S/C34H39N5OS/c1-7-26-12-8-9-13-28(26)36-30(40)15-17-38-33(31(37-34(38)41)29-14-10-11-16-35-29)27-20-24(5)39(25(27)6)32-22(3)18-21(2)19-23(32)4/h8-14,16,18-20,31,33H,7,15,17H2,1-6H3,(H,36,40)(H,37,41). The number of pyridine rings is 1. The Bertz CT molecular complexity index is 1570. The van der Waals surface area contributed by atoms with Gasteiger partial charge in [0.1, 0.15) is 0 Å². The van der Waals surface area contributed by atoms with Crippen molar-refractivity contribution in [2.45, 2.75) is 66.5 Å². The van der Waals surface area contributed by atoms with E-state index in [4.69, 9.17) is 17.2 Å². The van der Waals surface area contributed by atoms with Crippen molar-refractivity contribution < 1.29 is 4.79 Å². The van der Waals surface area contributed by atoms with Gasteiger partial charge in [0, 0.05) is 36.2 Å². The maximum absolute atomic E-state index is 13.1. The molecule has 1 aliphatic rings. The Hall–Kier alpha value is -3.97. The largest absolute Gasteiger partial charge is 0.352 e. The van der Waals surface area contributed by atoms with Crippen molar-refractivity contribution >= 4 is 28.9 Å². The molecule has 2 N–H and O–H groups in total. The van der Waals surface area contributed by atoms with Crippen LogP contribution in [0.1, 0.15) is 70.3 Å². The lowest BCUT2D eigenvalue weighted by Gasteiger charge is -2.28. The van der Waals surface area contributed by atoms with Crippen LogP contribution in [0.5, 0.6) is 0 Å². The molecular formula is C34H39N5OS. The van der Waals surface area contributed by atoms with Crippen LogP contribution in [0.15, 0.2) is 66.9 Å². The van der Waals surface area contributed by atoms with Crippen LogP contribution in [0, 0.1) is 34.6 Å². The number of benzene rings is 2. The molecular weight excluding hydrogens is 526 g/mol. The van der Waals surface area contributed by atoms with E-state index < -0.39 is 0 Å². The second-order valence-corrected chi connectivity index (χ2v) is 11.4. The fraction of sp³-hybridized carbons (Fsp3) is 0.324. The van der Waals surface area contributed by atoms with Crippen molar-refractivity contribution in [3.8, 4) is 5.69 Å². The van der Waals surface area contributed by atoms with Crippen LogP contribution in [0.4, 0.5) is 5.69 Å². The number of thiocarbonyl (C=S) groups is 1. The number of rotatable bonds is 8. The minimum Gasteiger partial charge on any atom is -0.352 e. The first-order valence-electron chi connectivity index (χ1n) is 14.3. The summed E-state index contributed by atoms with van der Waals surface area (Å²) in [7, 11) is 0. The molecule has 41 heavy (non-hydrogen) atoms. The minimum absolute atomic E-state index is 0.0230. The molecule has 0 radical (unpaired) electrons. The topological polar surface area (TPSA) is 62.2 Å². The zero-order chi connectivity index (χ0) is 29.3. The summed E-state index contributed by atoms with van der Waals surface area (Å²) in [5, 5.41) is 7.29. The van der Waals surface area contributed by atoms with Gasteiger partial charge in [0.2, 0.25) is 5.91 Å². The molecule has 2 aromatic carbocycles. The van der Waals surface area contributed by atoms with Crippen molar-refractivity contribution in [1.29, 1.82) is 0 Å². The lowest BCUT2D eigenvalue weighted by Crippen LogP contribution is -2.33. The Labute approximate surface area is 248 Å². The molecule has 0 bridgehead atoms. The molecule has 1 saturated heterocycles. The van der Waals surface area contributed by atoms with Crippen molar-refractivity contribution in [2.24, 2.45) is 0 Å². The highest BCUT2D eigenvalue weighted by Gasteiger charge is 2.41. The van der Waals surface area contributed by atoms with Gasteiger partial charge in [0.25, 0.3) is 0 Å². The van der Waals surface area contributed by atoms with Gasteiger partial charge in [-0.25, -0.2) is 0 Å². The first-order chi connectivity index (χ1) is 19.7. The molecule has 3 heterocycles. The van der Waals surface area contributed by atoms with E-state index in [2.05, 4.69) is 85.9 Å². The van der Waals surface area contributed by atoms with Gasteiger partial charge in [-0.1, -0.05) is 48.9 Å². The summed E-state index contributed by atoms with van der Waals surface area (Å²) >= 11 is 5.90. The molecule has 5 rings (SSSR count). The first-order valence-corrected chi connectivity index (χ1v) is 14.7. The van der Waals surface area contributed by atoms with Gasteiger partial charge in [0.05, 0.1) is 23.5 Å². The summed E-state index contributed by atoms with van der Waals surface area (Å²) in [4.78, 5) is 20.0. The third kappa shape index (κ3) is 5.64. The lowest BCUT2D eigenvalue weighted by atomic mass is 9.96. The van der Waals surface area contributed by atoms with Gasteiger partial charge in [-0.15, -0.1) is 0 Å². The van der Waals surface area contributed by atoms with Crippen LogP contribution >= 0.6 is 12.2 Å². The molecule has 0 saturated carbocycles. The van der Waals surface area contributed by atoms with Crippen molar-refractivity contribution in [3.63, 3.8) is 0 Å². The molecule has 1 amide bonds. The Balaban J connectivity index is 1.50. The van der Waals surface area contributed by atoms with Crippen molar-refractivity contribution in [2.75, 3.05) is 11.9 Å². The van der Waals surface area contributed by atoms with Crippen LogP contribution in [-0.4, -0.2) is 32.0 Å². The van der Waals surface area contributed by atoms with Crippen molar-refractivity contribution in [1.82, 2.24) is 19.8 Å². The second-order valence-electron chi connectivity index (χ2n) is 11.0. The van der Waals surface area contributed by atoms with Gasteiger partial charge < -0.3 is 20.1 Å². The van der Waals surface area contributed by atoms with E-state index in [9.17, 15) is 4.79 Å². The van der Waals surface area contributed by atoms with Gasteiger partial charge in [-0.3, -0.25) is 9.78 Å². The summed E-state index contributed by atoms with van der Waals surface area (Å²) in [6.45, 7) is 13.4. The highest BCUT2D eigenvalue weighted by atomic mass is 32.1. The summed E-state index contributed by atoms with van der Waals surface area (Å²) in [5.41, 5.74) is 11.4. The molecule has 7 heteroatoms. The number of aromatic nitrogens is 2. The van der Waals surface area contributed by atoms with E-state index in [-0.39, 0.29) is 18.0 Å². The summed E-state index contributed by atoms with van der Waals surface area (Å²) < 4.78 is 2.36. The maximum Gasteiger partial charge on any atom is 0.226 e. The number of amides is 1. The normalized spacial score (nSPS) is 16.6. The smallest absolute Gasteiger partial charge is 0.226 e.